The van der Waals surface area contributed by atoms with Crippen molar-refractivity contribution in [3.05, 3.63) is 0 Å². The molecule has 1 unspecified atom stereocenters. The van der Waals surface area contributed by atoms with Crippen LogP contribution in [0.4, 0.5) is 0 Å². The Balaban J connectivity index is 4.92. The summed E-state index contributed by atoms with van der Waals surface area (Å²) in [7, 11) is 0. The van der Waals surface area contributed by atoms with Gasteiger partial charge in [0.2, 0.25) is 0 Å². The minimum atomic E-state index is -3.10. The van der Waals surface area contributed by atoms with Crippen molar-refractivity contribution < 1.29 is 49.8 Å². The number of aliphatic hydroxyl groups is 1. The molecule has 10 heteroatoms. The number of hydrogen-bond acceptors (Lipinski definition) is 10. The average molecular weight is 274 g/mol. The summed E-state index contributed by atoms with van der Waals surface area (Å²) in [6.45, 7) is 5.88. The van der Waals surface area contributed by atoms with Gasteiger partial charge in [-0.05, 0) is 27.7 Å². The highest BCUT2D eigenvalue weighted by Gasteiger charge is 2.50. The van der Waals surface area contributed by atoms with Gasteiger partial charge in [0, 0.05) is 0 Å². The third-order valence-corrected chi connectivity index (χ3v) is 1.36. The molecule has 0 bridgehead atoms. The van der Waals surface area contributed by atoms with Crippen LogP contribution >= 0.6 is 0 Å². The number of hydrogen-bond donors (Lipinski definition) is 4. The molecule has 18 heavy (non-hydrogen) atoms. The predicted molar refractivity (Wildman–Crippen MR) is 52.3 cm³/mol. The van der Waals surface area contributed by atoms with Crippen LogP contribution in [-0.2, 0) is 28.9 Å². The summed E-state index contributed by atoms with van der Waals surface area (Å²) in [4.78, 5) is 10.8. The Kier molecular flexibility index (Phi) is 7.09. The summed E-state index contributed by atoms with van der Waals surface area (Å²) in [6, 6.07) is 0. The zero-order valence-electron chi connectivity index (χ0n) is 10.4. The van der Waals surface area contributed by atoms with E-state index in [9.17, 15) is 5.11 Å². The van der Waals surface area contributed by atoms with Crippen LogP contribution in [0.3, 0.4) is 0 Å². The van der Waals surface area contributed by atoms with Gasteiger partial charge in [0.15, 0.2) is 0 Å². The lowest BCUT2D eigenvalue weighted by Gasteiger charge is -2.33. The molecule has 110 valence electrons. The maximum absolute atomic E-state index is 9.52. The maximum atomic E-state index is 9.52. The Morgan fingerprint density at radius 1 is 0.778 bits per heavy atom. The second-order valence-corrected chi connectivity index (χ2v) is 3.73. The molecule has 0 rings (SSSR count). The van der Waals surface area contributed by atoms with E-state index in [-0.39, 0.29) is 0 Å². The van der Waals surface area contributed by atoms with E-state index in [0.717, 1.165) is 0 Å². The second kappa shape index (κ2) is 7.25. The minimum absolute atomic E-state index is 0.670. The van der Waals surface area contributed by atoms with Crippen molar-refractivity contribution in [2.24, 2.45) is 0 Å². The summed E-state index contributed by atoms with van der Waals surface area (Å²) in [5, 5.41) is 35.2. The van der Waals surface area contributed by atoms with Gasteiger partial charge in [-0.3, -0.25) is 9.47 Å². The van der Waals surface area contributed by atoms with E-state index in [2.05, 4.69) is 24.1 Å². The third kappa shape index (κ3) is 5.49. The molecule has 0 aromatic carbocycles. The minimum Gasteiger partial charge on any atom is -0.317 e. The van der Waals surface area contributed by atoms with Crippen molar-refractivity contribution >= 4 is 0 Å². The van der Waals surface area contributed by atoms with Crippen LogP contribution in [0.1, 0.15) is 27.7 Å². The van der Waals surface area contributed by atoms with Crippen LogP contribution in [0.15, 0.2) is 0 Å². The lowest BCUT2D eigenvalue weighted by atomic mass is 10.5. The fourth-order valence-electron chi connectivity index (χ4n) is 0.930. The molecule has 0 spiro atoms. The SMILES string of the molecule is CC(C)OC(O)(OO)OC(OO)(OO)OC(C)C. The highest BCUT2D eigenvalue weighted by molar-refractivity contribution is 4.47. The van der Waals surface area contributed by atoms with Crippen LogP contribution in [-0.4, -0.2) is 45.4 Å². The third-order valence-electron chi connectivity index (χ3n) is 1.36. The summed E-state index contributed by atoms with van der Waals surface area (Å²) >= 11 is 0. The van der Waals surface area contributed by atoms with Gasteiger partial charge < -0.3 is 5.11 Å². The first-order chi connectivity index (χ1) is 8.22. The quantitative estimate of drug-likeness (QED) is 0.268. The first kappa shape index (κ1) is 17.6. The van der Waals surface area contributed by atoms with E-state index in [1.807, 2.05) is 0 Å². The second-order valence-electron chi connectivity index (χ2n) is 3.73. The van der Waals surface area contributed by atoms with E-state index in [0.29, 0.717) is 0 Å². The molecule has 0 radical (unpaired) electrons. The predicted octanol–water partition coefficient (Wildman–Crippen LogP) is 0.537. The van der Waals surface area contributed by atoms with Gasteiger partial charge >= 0.3 is 12.3 Å². The van der Waals surface area contributed by atoms with Crippen molar-refractivity contribution in [3.63, 3.8) is 0 Å². The Labute approximate surface area is 103 Å². The molecular weight excluding hydrogens is 256 g/mol. The van der Waals surface area contributed by atoms with E-state index < -0.39 is 24.5 Å². The topological polar surface area (TPSA) is 136 Å². The molecule has 0 aliphatic rings. The fourth-order valence-corrected chi connectivity index (χ4v) is 0.930. The van der Waals surface area contributed by atoms with Crippen LogP contribution in [0.5, 0.6) is 0 Å². The molecule has 1 atom stereocenters. The van der Waals surface area contributed by atoms with Crippen molar-refractivity contribution in [2.75, 3.05) is 0 Å². The van der Waals surface area contributed by atoms with Crippen molar-refractivity contribution in [2.45, 2.75) is 52.2 Å². The normalized spacial score (nSPS) is 16.3. The van der Waals surface area contributed by atoms with Crippen LogP contribution in [0.2, 0.25) is 0 Å². The van der Waals surface area contributed by atoms with E-state index in [1.54, 1.807) is 0 Å². The molecule has 0 heterocycles. The lowest BCUT2D eigenvalue weighted by molar-refractivity contribution is -0.713. The average Bonchev–Trinajstić information content (AvgIpc) is 2.26. The fraction of sp³-hybridized carbons (Fsp3) is 1.00. The standard InChI is InChI=1S/C8H18O10/c1-5(2)13-7(9,16-10)15-8(17-11,18-12)14-6(3)4/h5-6,9-12H,1-4H3. The zero-order chi connectivity index (χ0) is 14.4. The Morgan fingerprint density at radius 2 is 1.22 bits per heavy atom. The largest absolute Gasteiger partial charge is 0.472 e. The van der Waals surface area contributed by atoms with Gasteiger partial charge in [-0.25, -0.2) is 20.5 Å². The zero-order valence-corrected chi connectivity index (χ0v) is 10.4. The molecule has 0 aromatic rings. The van der Waals surface area contributed by atoms with Crippen molar-refractivity contribution in [1.29, 1.82) is 0 Å². The van der Waals surface area contributed by atoms with Gasteiger partial charge in [0.1, 0.15) is 0 Å². The number of rotatable bonds is 9. The van der Waals surface area contributed by atoms with Crippen LogP contribution < -0.4 is 0 Å². The van der Waals surface area contributed by atoms with Crippen molar-refractivity contribution in [3.8, 4) is 0 Å². The van der Waals surface area contributed by atoms with E-state index >= 15 is 0 Å². The Morgan fingerprint density at radius 3 is 1.50 bits per heavy atom. The lowest BCUT2D eigenvalue weighted by Crippen LogP contribution is -2.53. The summed E-state index contributed by atoms with van der Waals surface area (Å²) in [5.74, 6) is 0. The summed E-state index contributed by atoms with van der Waals surface area (Å²) in [5.41, 5.74) is 0. The smallest absolute Gasteiger partial charge is 0.317 e. The van der Waals surface area contributed by atoms with E-state index in [1.165, 1.54) is 27.7 Å². The van der Waals surface area contributed by atoms with Gasteiger partial charge in [0.05, 0.1) is 12.2 Å². The molecule has 0 aromatic heterocycles. The monoisotopic (exact) mass is 274 g/mol. The molecule has 0 saturated carbocycles. The highest BCUT2D eigenvalue weighted by Crippen LogP contribution is 2.26. The van der Waals surface area contributed by atoms with Gasteiger partial charge in [0.25, 0.3) is 0 Å². The van der Waals surface area contributed by atoms with Gasteiger partial charge in [-0.2, -0.15) is 0 Å². The van der Waals surface area contributed by atoms with Crippen LogP contribution in [0, 0.1) is 0 Å². The Hall–Kier alpha value is -0.400. The van der Waals surface area contributed by atoms with Gasteiger partial charge in [-0.15, -0.1) is 14.7 Å². The highest BCUT2D eigenvalue weighted by atomic mass is 17.4. The first-order valence-electron chi connectivity index (χ1n) is 4.98. The molecular formula is C8H18O10. The summed E-state index contributed by atoms with van der Waals surface area (Å²) < 4.78 is 13.7. The summed E-state index contributed by atoms with van der Waals surface area (Å²) in [6.07, 6.45) is -7.42. The molecule has 4 N–H and O–H groups in total. The molecule has 0 aliphatic carbocycles. The van der Waals surface area contributed by atoms with Crippen LogP contribution in [0.25, 0.3) is 0 Å². The van der Waals surface area contributed by atoms with E-state index in [4.69, 9.17) is 20.5 Å². The molecule has 0 saturated heterocycles. The molecule has 0 amide bonds. The maximum Gasteiger partial charge on any atom is 0.472 e. The van der Waals surface area contributed by atoms with Crippen molar-refractivity contribution in [1.82, 2.24) is 0 Å². The molecule has 10 nitrogen and oxygen atoms in total. The first-order valence-corrected chi connectivity index (χ1v) is 4.98. The molecule has 0 fully saturated rings. The van der Waals surface area contributed by atoms with Gasteiger partial charge in [-0.1, -0.05) is 0 Å². The number of ether oxygens (including phenoxy) is 3. The Bertz CT molecular complexity index is 228. The molecule has 0 aliphatic heterocycles.